The zero-order valence-electron chi connectivity index (χ0n) is 11.8. The second-order valence-corrected chi connectivity index (χ2v) is 5.63. The van der Waals surface area contributed by atoms with Crippen LogP contribution in [0.1, 0.15) is 46.0 Å². The molecule has 0 aliphatic carbocycles. The van der Waals surface area contributed by atoms with E-state index in [0.717, 1.165) is 32.4 Å². The summed E-state index contributed by atoms with van der Waals surface area (Å²) in [6, 6.07) is 0.00772. The molecule has 4 nitrogen and oxygen atoms in total. The Balaban J connectivity index is 1.76. The van der Waals surface area contributed by atoms with Gasteiger partial charge in [-0.15, -0.1) is 0 Å². The molecule has 2 aliphatic rings. The van der Waals surface area contributed by atoms with Gasteiger partial charge in [0.25, 0.3) is 0 Å². The summed E-state index contributed by atoms with van der Waals surface area (Å²) in [7, 11) is 0. The number of carbonyl (C=O) groups is 1. The van der Waals surface area contributed by atoms with Crippen molar-refractivity contribution in [3.05, 3.63) is 0 Å². The smallest absolute Gasteiger partial charge is 0.240 e. The molecule has 2 saturated heterocycles. The number of nitrogens with zero attached hydrogens (tertiary/aromatic N) is 2. The van der Waals surface area contributed by atoms with Crippen LogP contribution in [0.25, 0.3) is 0 Å². The second kappa shape index (κ2) is 6.53. The SMILES string of the molecule is CCCC1NC(C)C(=O)N1CCCN1CCCC1. The lowest BCUT2D eigenvalue weighted by Crippen LogP contribution is -2.39. The van der Waals surface area contributed by atoms with E-state index in [2.05, 4.69) is 22.0 Å². The maximum atomic E-state index is 12.1. The lowest BCUT2D eigenvalue weighted by molar-refractivity contribution is -0.129. The molecule has 2 rings (SSSR count). The van der Waals surface area contributed by atoms with Gasteiger partial charge in [-0.05, 0) is 52.2 Å². The molecule has 1 amide bonds. The number of carbonyl (C=O) groups excluding carboxylic acids is 1. The number of rotatable bonds is 6. The van der Waals surface area contributed by atoms with E-state index in [1.165, 1.54) is 25.9 Å². The Labute approximate surface area is 111 Å². The van der Waals surface area contributed by atoms with Crippen LogP contribution in [0.2, 0.25) is 0 Å². The maximum absolute atomic E-state index is 12.1. The van der Waals surface area contributed by atoms with Crippen molar-refractivity contribution in [3.8, 4) is 0 Å². The Kier molecular flexibility index (Phi) is 5.01. The summed E-state index contributed by atoms with van der Waals surface area (Å²) in [5.41, 5.74) is 0. The highest BCUT2D eigenvalue weighted by Crippen LogP contribution is 2.16. The number of amides is 1. The lowest BCUT2D eigenvalue weighted by atomic mass is 10.2. The quantitative estimate of drug-likeness (QED) is 0.777. The van der Waals surface area contributed by atoms with Gasteiger partial charge in [-0.1, -0.05) is 13.3 Å². The molecular weight excluding hydrogens is 226 g/mol. The summed E-state index contributed by atoms with van der Waals surface area (Å²) < 4.78 is 0. The van der Waals surface area contributed by atoms with Crippen molar-refractivity contribution in [1.29, 1.82) is 0 Å². The van der Waals surface area contributed by atoms with Crippen LogP contribution in [-0.2, 0) is 4.79 Å². The first-order valence-corrected chi connectivity index (χ1v) is 7.51. The molecule has 0 radical (unpaired) electrons. The summed E-state index contributed by atoms with van der Waals surface area (Å²) in [6.07, 6.45) is 6.27. The summed E-state index contributed by atoms with van der Waals surface area (Å²) in [5, 5.41) is 3.40. The topological polar surface area (TPSA) is 35.6 Å². The van der Waals surface area contributed by atoms with Crippen LogP contribution in [0, 0.1) is 0 Å². The average Bonchev–Trinajstić information content (AvgIpc) is 2.94. The summed E-state index contributed by atoms with van der Waals surface area (Å²) in [6.45, 7) is 8.72. The molecule has 2 unspecified atom stereocenters. The zero-order chi connectivity index (χ0) is 13.0. The predicted octanol–water partition coefficient (Wildman–Crippen LogP) is 1.42. The highest BCUT2D eigenvalue weighted by atomic mass is 16.2. The Morgan fingerprint density at radius 2 is 2.00 bits per heavy atom. The monoisotopic (exact) mass is 253 g/mol. The van der Waals surface area contributed by atoms with E-state index in [4.69, 9.17) is 0 Å². The molecule has 2 atom stereocenters. The van der Waals surface area contributed by atoms with E-state index in [9.17, 15) is 4.79 Å². The first-order chi connectivity index (χ1) is 8.72. The van der Waals surface area contributed by atoms with E-state index in [0.29, 0.717) is 0 Å². The summed E-state index contributed by atoms with van der Waals surface area (Å²) >= 11 is 0. The molecule has 0 aromatic heterocycles. The fraction of sp³-hybridized carbons (Fsp3) is 0.929. The fourth-order valence-corrected chi connectivity index (χ4v) is 3.10. The van der Waals surface area contributed by atoms with Crippen LogP contribution in [-0.4, -0.2) is 54.1 Å². The van der Waals surface area contributed by atoms with Gasteiger partial charge >= 0.3 is 0 Å². The molecule has 0 spiro atoms. The van der Waals surface area contributed by atoms with E-state index >= 15 is 0 Å². The van der Waals surface area contributed by atoms with Crippen molar-refractivity contribution < 1.29 is 4.79 Å². The van der Waals surface area contributed by atoms with E-state index in [-0.39, 0.29) is 18.1 Å². The number of likely N-dealkylation sites (tertiary alicyclic amines) is 1. The molecule has 18 heavy (non-hydrogen) atoms. The third-order valence-electron chi connectivity index (χ3n) is 4.11. The van der Waals surface area contributed by atoms with Crippen molar-refractivity contribution in [2.24, 2.45) is 0 Å². The number of hydrogen-bond donors (Lipinski definition) is 1. The van der Waals surface area contributed by atoms with Crippen molar-refractivity contribution >= 4 is 5.91 Å². The molecule has 1 N–H and O–H groups in total. The van der Waals surface area contributed by atoms with E-state index in [1.807, 2.05) is 6.92 Å². The maximum Gasteiger partial charge on any atom is 0.240 e. The van der Waals surface area contributed by atoms with Gasteiger partial charge in [-0.2, -0.15) is 0 Å². The largest absolute Gasteiger partial charge is 0.326 e. The van der Waals surface area contributed by atoms with Gasteiger partial charge in [-0.25, -0.2) is 0 Å². The summed E-state index contributed by atoms with van der Waals surface area (Å²) in [4.78, 5) is 16.6. The highest BCUT2D eigenvalue weighted by molar-refractivity contribution is 5.83. The normalized spacial score (nSPS) is 29.4. The van der Waals surface area contributed by atoms with E-state index < -0.39 is 0 Å². The standard InChI is InChI=1S/C14H27N3O/c1-3-7-13-15-12(2)14(18)17(13)11-6-10-16-8-4-5-9-16/h12-13,15H,3-11H2,1-2H3. The van der Waals surface area contributed by atoms with E-state index in [1.54, 1.807) is 0 Å². The van der Waals surface area contributed by atoms with Crippen LogP contribution in [0.3, 0.4) is 0 Å². The average molecular weight is 253 g/mol. The summed E-state index contributed by atoms with van der Waals surface area (Å²) in [5.74, 6) is 0.287. The van der Waals surface area contributed by atoms with Crippen LogP contribution in [0.15, 0.2) is 0 Å². The minimum absolute atomic E-state index is 0.00772. The van der Waals surface area contributed by atoms with Crippen molar-refractivity contribution in [2.75, 3.05) is 26.2 Å². The fourth-order valence-electron chi connectivity index (χ4n) is 3.10. The molecular formula is C14H27N3O. The Morgan fingerprint density at radius 3 is 2.67 bits per heavy atom. The van der Waals surface area contributed by atoms with Gasteiger partial charge in [0.05, 0.1) is 12.2 Å². The third kappa shape index (κ3) is 3.23. The van der Waals surface area contributed by atoms with Crippen molar-refractivity contribution in [2.45, 2.75) is 58.2 Å². The predicted molar refractivity (Wildman–Crippen MR) is 73.3 cm³/mol. The molecule has 0 aromatic rings. The molecule has 104 valence electrons. The van der Waals surface area contributed by atoms with Gasteiger partial charge in [0.15, 0.2) is 0 Å². The lowest BCUT2D eigenvalue weighted by Gasteiger charge is -2.25. The second-order valence-electron chi connectivity index (χ2n) is 5.63. The van der Waals surface area contributed by atoms with Gasteiger partial charge in [0.2, 0.25) is 5.91 Å². The number of hydrogen-bond acceptors (Lipinski definition) is 3. The molecule has 2 aliphatic heterocycles. The zero-order valence-corrected chi connectivity index (χ0v) is 11.8. The van der Waals surface area contributed by atoms with Gasteiger partial charge in [0.1, 0.15) is 0 Å². The van der Waals surface area contributed by atoms with Gasteiger partial charge < -0.3 is 9.80 Å². The first-order valence-electron chi connectivity index (χ1n) is 7.51. The Bertz CT molecular complexity index is 276. The molecule has 0 bridgehead atoms. The molecule has 0 saturated carbocycles. The Morgan fingerprint density at radius 1 is 1.28 bits per heavy atom. The van der Waals surface area contributed by atoms with Crippen LogP contribution in [0.5, 0.6) is 0 Å². The Hall–Kier alpha value is -0.610. The molecule has 0 aromatic carbocycles. The van der Waals surface area contributed by atoms with Crippen LogP contribution in [0.4, 0.5) is 0 Å². The number of nitrogens with one attached hydrogen (secondary N) is 1. The van der Waals surface area contributed by atoms with Crippen molar-refractivity contribution in [1.82, 2.24) is 15.1 Å². The van der Waals surface area contributed by atoms with Gasteiger partial charge in [0, 0.05) is 6.54 Å². The van der Waals surface area contributed by atoms with Gasteiger partial charge in [-0.3, -0.25) is 10.1 Å². The van der Waals surface area contributed by atoms with Crippen LogP contribution < -0.4 is 5.32 Å². The minimum atomic E-state index is 0.00772. The molecule has 2 fully saturated rings. The van der Waals surface area contributed by atoms with Crippen molar-refractivity contribution in [3.63, 3.8) is 0 Å². The third-order valence-corrected chi connectivity index (χ3v) is 4.11. The molecule has 2 heterocycles. The molecule has 4 heteroatoms. The van der Waals surface area contributed by atoms with Crippen LogP contribution >= 0.6 is 0 Å². The minimum Gasteiger partial charge on any atom is -0.326 e. The highest BCUT2D eigenvalue weighted by Gasteiger charge is 2.34. The first kappa shape index (κ1) is 13.8.